The van der Waals surface area contributed by atoms with Gasteiger partial charge in [0, 0.05) is 37.5 Å². The van der Waals surface area contributed by atoms with E-state index < -0.39 is 40.7 Å². The number of imide groups is 1. The fourth-order valence-electron chi connectivity index (χ4n) is 2.88. The summed E-state index contributed by atoms with van der Waals surface area (Å²) >= 11 is 0.684. The van der Waals surface area contributed by atoms with Gasteiger partial charge in [-0.15, -0.1) is 0 Å². The predicted molar refractivity (Wildman–Crippen MR) is 113 cm³/mol. The fraction of sp³-hybridized carbons (Fsp3) is 0.250. The Kier molecular flexibility index (Phi) is 6.85. The van der Waals surface area contributed by atoms with Gasteiger partial charge in [0.05, 0.1) is 4.91 Å². The maximum Gasteiger partial charge on any atom is 0.331 e. The number of hydrogen-bond donors (Lipinski definition) is 1. The van der Waals surface area contributed by atoms with Gasteiger partial charge in [-0.1, -0.05) is 18.2 Å². The number of carbonyl (C=O) groups is 3. The van der Waals surface area contributed by atoms with Crippen molar-refractivity contribution < 1.29 is 18.8 Å². The van der Waals surface area contributed by atoms with Gasteiger partial charge in [0.15, 0.2) is 0 Å². The molecule has 0 bridgehead atoms. The van der Waals surface area contributed by atoms with Crippen LogP contribution in [0.5, 0.6) is 0 Å². The first-order chi connectivity index (χ1) is 14.8. The molecule has 2 aromatic rings. The number of halogens is 1. The van der Waals surface area contributed by atoms with E-state index in [0.717, 1.165) is 9.47 Å². The zero-order chi connectivity index (χ0) is 22.5. The van der Waals surface area contributed by atoms with Crippen molar-refractivity contribution in [2.45, 2.75) is 20.0 Å². The van der Waals surface area contributed by atoms with Crippen molar-refractivity contribution in [3.05, 3.63) is 73.7 Å². The summed E-state index contributed by atoms with van der Waals surface area (Å²) in [5.41, 5.74) is -1.02. The molecule has 31 heavy (non-hydrogen) atoms. The second kappa shape index (κ2) is 9.56. The van der Waals surface area contributed by atoms with Crippen LogP contribution in [0.4, 0.5) is 9.18 Å². The number of hydrogen-bond acceptors (Lipinski definition) is 6. The molecule has 1 saturated heterocycles. The van der Waals surface area contributed by atoms with Gasteiger partial charge in [-0.05, 0) is 30.8 Å². The molecule has 0 spiro atoms. The minimum absolute atomic E-state index is 0.0621. The Labute approximate surface area is 180 Å². The second-order valence-corrected chi connectivity index (χ2v) is 7.51. The lowest BCUT2D eigenvalue weighted by Crippen LogP contribution is -2.44. The molecule has 0 saturated carbocycles. The zero-order valence-corrected chi connectivity index (χ0v) is 17.4. The Morgan fingerprint density at radius 3 is 2.61 bits per heavy atom. The number of nitrogens with one attached hydrogen (secondary N) is 1. The van der Waals surface area contributed by atoms with Crippen LogP contribution in [0.2, 0.25) is 0 Å². The maximum atomic E-state index is 13.8. The van der Waals surface area contributed by atoms with E-state index in [4.69, 9.17) is 0 Å². The number of rotatable bonds is 7. The topological polar surface area (TPSA) is 110 Å². The van der Waals surface area contributed by atoms with E-state index in [1.165, 1.54) is 41.1 Å². The first-order valence-electron chi connectivity index (χ1n) is 9.38. The Morgan fingerprint density at radius 1 is 1.16 bits per heavy atom. The third-order valence-electron chi connectivity index (χ3n) is 4.51. The highest BCUT2D eigenvalue weighted by atomic mass is 32.2. The van der Waals surface area contributed by atoms with Gasteiger partial charge in [0.1, 0.15) is 12.4 Å². The van der Waals surface area contributed by atoms with Crippen molar-refractivity contribution in [1.82, 2.24) is 19.4 Å². The van der Waals surface area contributed by atoms with Crippen LogP contribution in [0, 0.1) is 5.82 Å². The summed E-state index contributed by atoms with van der Waals surface area (Å²) < 4.78 is 15.9. The van der Waals surface area contributed by atoms with Crippen LogP contribution in [0.15, 0.2) is 51.0 Å². The molecule has 1 N–H and O–H groups in total. The first-order valence-corrected chi connectivity index (χ1v) is 10.2. The summed E-state index contributed by atoms with van der Waals surface area (Å²) in [5, 5.41) is 1.95. The molecule has 3 rings (SSSR count). The van der Waals surface area contributed by atoms with E-state index in [0.29, 0.717) is 18.3 Å². The number of amides is 3. The largest absolute Gasteiger partial charge is 0.353 e. The Bertz CT molecular complexity index is 1190. The normalized spacial score (nSPS) is 15.0. The molecule has 0 radical (unpaired) electrons. The monoisotopic (exact) mass is 446 g/mol. The molecule has 2 heterocycles. The number of aryl methyl sites for hydroxylation is 1. The summed E-state index contributed by atoms with van der Waals surface area (Å²) in [6.07, 6.45) is 2.66. The lowest BCUT2D eigenvalue weighted by Gasteiger charge is -2.13. The predicted octanol–water partition coefficient (Wildman–Crippen LogP) is 1.02. The van der Waals surface area contributed by atoms with Gasteiger partial charge in [-0.25, -0.2) is 9.18 Å². The highest BCUT2D eigenvalue weighted by Crippen LogP contribution is 2.32. The Hall–Kier alpha value is -3.47. The molecule has 1 aliphatic rings. The molecule has 0 atom stereocenters. The van der Waals surface area contributed by atoms with E-state index in [1.807, 2.05) is 0 Å². The molecule has 162 valence electrons. The SMILES string of the molecule is CCn1ccc(=O)n(CC(=O)NCCN2C(=O)SC(=Cc3ccccc3F)C2=O)c1=O. The third-order valence-corrected chi connectivity index (χ3v) is 5.41. The quantitative estimate of drug-likeness (QED) is 0.636. The molecule has 11 heteroatoms. The molecule has 0 unspecified atom stereocenters. The summed E-state index contributed by atoms with van der Waals surface area (Å²) in [5.74, 6) is -1.71. The Morgan fingerprint density at radius 2 is 1.90 bits per heavy atom. The molecule has 9 nitrogen and oxygen atoms in total. The van der Waals surface area contributed by atoms with Gasteiger partial charge in [0.25, 0.3) is 16.7 Å². The van der Waals surface area contributed by atoms with Crippen molar-refractivity contribution in [2.24, 2.45) is 0 Å². The average Bonchev–Trinajstić information content (AvgIpc) is 3.00. The Balaban J connectivity index is 1.60. The van der Waals surface area contributed by atoms with Gasteiger partial charge in [-0.3, -0.25) is 28.6 Å². The van der Waals surface area contributed by atoms with Crippen LogP contribution < -0.4 is 16.6 Å². The van der Waals surface area contributed by atoms with Crippen LogP contribution in [0.3, 0.4) is 0 Å². The molecule has 1 aromatic carbocycles. The van der Waals surface area contributed by atoms with E-state index >= 15 is 0 Å². The summed E-state index contributed by atoms with van der Waals surface area (Å²) in [4.78, 5) is 61.7. The fourth-order valence-corrected chi connectivity index (χ4v) is 3.73. The maximum absolute atomic E-state index is 13.8. The van der Waals surface area contributed by atoms with Crippen LogP contribution in [0.1, 0.15) is 12.5 Å². The standard InChI is InChI=1S/C20H19FN4O5S/c1-2-23-9-7-17(27)25(19(23)29)12-16(26)22-8-10-24-18(28)15(31-20(24)30)11-13-5-3-4-6-14(13)21/h3-7,9,11H,2,8,10,12H2,1H3,(H,22,26). The number of benzene rings is 1. The van der Waals surface area contributed by atoms with Gasteiger partial charge < -0.3 is 9.88 Å². The van der Waals surface area contributed by atoms with E-state index in [-0.39, 0.29) is 23.6 Å². The van der Waals surface area contributed by atoms with E-state index in [1.54, 1.807) is 13.0 Å². The summed E-state index contributed by atoms with van der Waals surface area (Å²) in [6, 6.07) is 7.06. The summed E-state index contributed by atoms with van der Waals surface area (Å²) in [6.45, 7) is 1.43. The molecular weight excluding hydrogens is 427 g/mol. The van der Waals surface area contributed by atoms with Crippen LogP contribution in [-0.4, -0.2) is 44.2 Å². The molecule has 1 aliphatic heterocycles. The highest BCUT2D eigenvalue weighted by Gasteiger charge is 2.34. The smallest absolute Gasteiger partial charge is 0.331 e. The zero-order valence-electron chi connectivity index (χ0n) is 16.5. The van der Waals surface area contributed by atoms with Crippen LogP contribution >= 0.6 is 11.8 Å². The molecule has 1 aromatic heterocycles. The van der Waals surface area contributed by atoms with Gasteiger partial charge >= 0.3 is 5.69 Å². The third kappa shape index (κ3) is 5.00. The lowest BCUT2D eigenvalue weighted by atomic mass is 10.2. The lowest BCUT2D eigenvalue weighted by molar-refractivity contribution is -0.124. The van der Waals surface area contributed by atoms with Crippen molar-refractivity contribution >= 4 is 34.9 Å². The number of nitrogens with zero attached hydrogens (tertiary/aromatic N) is 3. The molecular formula is C20H19FN4O5S. The number of aromatic nitrogens is 2. The molecule has 0 aliphatic carbocycles. The molecule has 1 fully saturated rings. The highest BCUT2D eigenvalue weighted by molar-refractivity contribution is 8.18. The van der Waals surface area contributed by atoms with E-state index in [9.17, 15) is 28.4 Å². The minimum Gasteiger partial charge on any atom is -0.353 e. The van der Waals surface area contributed by atoms with Gasteiger partial charge in [-0.2, -0.15) is 0 Å². The first kappa shape index (κ1) is 22.2. The minimum atomic E-state index is -0.609. The number of carbonyl (C=O) groups excluding carboxylic acids is 3. The summed E-state index contributed by atoms with van der Waals surface area (Å²) in [7, 11) is 0. The average molecular weight is 446 g/mol. The molecule has 3 amide bonds. The van der Waals surface area contributed by atoms with E-state index in [2.05, 4.69) is 5.32 Å². The van der Waals surface area contributed by atoms with Crippen LogP contribution in [-0.2, 0) is 22.7 Å². The second-order valence-electron chi connectivity index (χ2n) is 6.51. The number of thioether (sulfide) groups is 1. The van der Waals surface area contributed by atoms with Crippen LogP contribution in [0.25, 0.3) is 6.08 Å². The van der Waals surface area contributed by atoms with Crippen molar-refractivity contribution in [3.63, 3.8) is 0 Å². The van der Waals surface area contributed by atoms with Crippen molar-refractivity contribution in [2.75, 3.05) is 13.1 Å². The van der Waals surface area contributed by atoms with Crippen molar-refractivity contribution in [1.29, 1.82) is 0 Å². The van der Waals surface area contributed by atoms with Gasteiger partial charge in [0.2, 0.25) is 5.91 Å². The van der Waals surface area contributed by atoms with Crippen molar-refractivity contribution in [3.8, 4) is 0 Å².